The van der Waals surface area contributed by atoms with Crippen LogP contribution < -0.4 is 5.32 Å². The molecule has 0 atom stereocenters. The molecule has 0 radical (unpaired) electrons. The normalized spacial score (nSPS) is 16.7. The summed E-state index contributed by atoms with van der Waals surface area (Å²) in [6.07, 6.45) is 7.55. The maximum absolute atomic E-state index is 13.7. The van der Waals surface area contributed by atoms with Crippen LogP contribution in [-0.4, -0.2) is 40.0 Å². The van der Waals surface area contributed by atoms with Crippen LogP contribution >= 0.6 is 11.6 Å². The van der Waals surface area contributed by atoms with Crippen LogP contribution in [0.3, 0.4) is 0 Å². The Morgan fingerprint density at radius 2 is 1.94 bits per heavy atom. The number of hydrogen-bond acceptors (Lipinski definition) is 3. The zero-order valence-electron chi connectivity index (χ0n) is 18.3. The van der Waals surface area contributed by atoms with Crippen molar-refractivity contribution in [3.8, 4) is 0 Å². The first-order chi connectivity index (χ1) is 16.1. The first kappa shape index (κ1) is 20.3. The first-order valence-corrected chi connectivity index (χ1v) is 11.8. The third kappa shape index (κ3) is 3.47. The second kappa shape index (κ2) is 7.92. The molecule has 1 spiro atoms. The van der Waals surface area contributed by atoms with Crippen molar-refractivity contribution in [2.45, 2.75) is 24.8 Å². The molecule has 0 saturated carbocycles. The Balaban J connectivity index is 1.28. The van der Waals surface area contributed by atoms with Crippen molar-refractivity contribution in [3.05, 3.63) is 94.9 Å². The predicted octanol–water partition coefficient (Wildman–Crippen LogP) is 5.34. The number of halogens is 1. The Morgan fingerprint density at radius 3 is 2.76 bits per heavy atom. The van der Waals surface area contributed by atoms with Crippen molar-refractivity contribution in [1.82, 2.24) is 14.5 Å². The van der Waals surface area contributed by atoms with E-state index in [-0.39, 0.29) is 11.3 Å². The molecule has 6 rings (SSSR count). The molecule has 1 saturated heterocycles. The van der Waals surface area contributed by atoms with E-state index in [4.69, 9.17) is 11.6 Å². The second-order valence-electron chi connectivity index (χ2n) is 9.17. The number of anilines is 1. The quantitative estimate of drug-likeness (QED) is 0.453. The summed E-state index contributed by atoms with van der Waals surface area (Å²) in [4.78, 5) is 19.9. The fourth-order valence-corrected chi connectivity index (χ4v) is 5.63. The van der Waals surface area contributed by atoms with E-state index in [1.165, 1.54) is 11.3 Å². The van der Waals surface area contributed by atoms with Gasteiger partial charge in [-0.2, -0.15) is 0 Å². The van der Waals surface area contributed by atoms with Crippen LogP contribution in [0.15, 0.2) is 73.2 Å². The summed E-state index contributed by atoms with van der Waals surface area (Å²) in [5, 5.41) is 5.18. The lowest BCUT2D eigenvalue weighted by molar-refractivity contribution is 0.0678. The van der Waals surface area contributed by atoms with E-state index in [1.54, 1.807) is 6.20 Å². The summed E-state index contributed by atoms with van der Waals surface area (Å²) >= 11 is 6.31. The summed E-state index contributed by atoms with van der Waals surface area (Å²) < 4.78 is 2.11. The monoisotopic (exact) mass is 456 g/mol. The number of pyridine rings is 1. The Labute approximate surface area is 198 Å². The highest BCUT2D eigenvalue weighted by atomic mass is 35.5. The number of nitrogens with zero attached hydrogens (tertiary/aromatic N) is 3. The van der Waals surface area contributed by atoms with Gasteiger partial charge in [-0.1, -0.05) is 41.9 Å². The largest absolute Gasteiger partial charge is 0.384 e. The van der Waals surface area contributed by atoms with E-state index in [0.29, 0.717) is 11.6 Å². The smallest absolute Gasteiger partial charge is 0.256 e. The highest BCUT2D eigenvalue weighted by Crippen LogP contribution is 2.44. The van der Waals surface area contributed by atoms with Crippen LogP contribution in [-0.2, 0) is 12.0 Å². The van der Waals surface area contributed by atoms with Crippen LogP contribution in [0.25, 0.3) is 10.9 Å². The Kier molecular flexibility index (Phi) is 4.88. The molecule has 5 nitrogen and oxygen atoms in total. The molecule has 2 aliphatic heterocycles. The number of rotatable bonds is 3. The molecule has 33 heavy (non-hydrogen) atoms. The number of para-hydroxylation sites is 1. The molecule has 0 bridgehead atoms. The van der Waals surface area contributed by atoms with Gasteiger partial charge in [-0.05, 0) is 48.2 Å². The minimum absolute atomic E-state index is 0.0985. The van der Waals surface area contributed by atoms with Gasteiger partial charge in [-0.15, -0.1) is 0 Å². The molecular formula is C27H25ClN4O. The fourth-order valence-electron chi connectivity index (χ4n) is 5.47. The van der Waals surface area contributed by atoms with Crippen LogP contribution in [0.2, 0.25) is 5.02 Å². The van der Waals surface area contributed by atoms with Gasteiger partial charge in [0.1, 0.15) is 0 Å². The average molecular weight is 457 g/mol. The lowest BCUT2D eigenvalue weighted by Crippen LogP contribution is -2.46. The van der Waals surface area contributed by atoms with Crippen LogP contribution in [0.1, 0.15) is 34.3 Å². The molecule has 6 heteroatoms. The number of nitrogens with one attached hydrogen (secondary N) is 1. The van der Waals surface area contributed by atoms with E-state index in [2.05, 4.69) is 39.1 Å². The van der Waals surface area contributed by atoms with Gasteiger partial charge in [0.25, 0.3) is 5.91 Å². The van der Waals surface area contributed by atoms with E-state index in [1.807, 2.05) is 47.6 Å². The molecule has 4 aromatic rings. The number of amides is 1. The number of benzene rings is 2. The number of piperidine rings is 1. The topological polar surface area (TPSA) is 50.2 Å². The zero-order chi connectivity index (χ0) is 22.4. The minimum Gasteiger partial charge on any atom is -0.384 e. The summed E-state index contributed by atoms with van der Waals surface area (Å²) in [6, 6.07) is 18.3. The predicted molar refractivity (Wildman–Crippen MR) is 132 cm³/mol. The molecule has 4 heterocycles. The highest BCUT2D eigenvalue weighted by Gasteiger charge is 2.42. The van der Waals surface area contributed by atoms with Crippen molar-refractivity contribution in [1.29, 1.82) is 0 Å². The molecular weight excluding hydrogens is 432 g/mol. The number of carbonyl (C=O) groups is 1. The summed E-state index contributed by atoms with van der Waals surface area (Å²) in [6.45, 7) is 3.12. The van der Waals surface area contributed by atoms with Gasteiger partial charge in [-0.25, -0.2) is 0 Å². The standard InChI is InChI=1S/C27H25ClN4O/c28-20-7-8-21-22(17-32(25(21)14-20)16-19-4-3-11-29-15-19)26(33)31-12-9-27(10-13-31)18-30-24-6-2-1-5-23(24)27/h1-8,11,14-15,17,30H,9-10,12-13,16,18H2. The van der Waals surface area contributed by atoms with Crippen molar-refractivity contribution >= 4 is 34.1 Å². The molecule has 2 aromatic carbocycles. The highest BCUT2D eigenvalue weighted by molar-refractivity contribution is 6.31. The SMILES string of the molecule is O=C(c1cn(Cc2cccnc2)c2cc(Cl)ccc12)N1CCC2(CC1)CNc1ccccc12. The number of carbonyl (C=O) groups excluding carboxylic acids is 1. The second-order valence-corrected chi connectivity index (χ2v) is 9.60. The Bertz CT molecular complexity index is 1340. The lowest BCUT2D eigenvalue weighted by Gasteiger charge is -2.39. The fraction of sp³-hybridized carbons (Fsp3) is 0.259. The van der Waals surface area contributed by atoms with Crippen molar-refractivity contribution in [3.63, 3.8) is 0 Å². The molecule has 0 unspecified atom stereocenters. The van der Waals surface area contributed by atoms with Gasteiger partial charge >= 0.3 is 0 Å². The molecule has 2 aromatic heterocycles. The first-order valence-electron chi connectivity index (χ1n) is 11.4. The van der Waals surface area contributed by atoms with Gasteiger partial charge in [0, 0.05) is 66.3 Å². The summed E-state index contributed by atoms with van der Waals surface area (Å²) in [5.74, 6) is 0.0985. The van der Waals surface area contributed by atoms with Crippen molar-refractivity contribution < 1.29 is 4.79 Å². The Hall–Kier alpha value is -3.31. The van der Waals surface area contributed by atoms with E-state index in [9.17, 15) is 4.79 Å². The maximum Gasteiger partial charge on any atom is 0.256 e. The van der Waals surface area contributed by atoms with Gasteiger partial charge < -0.3 is 14.8 Å². The molecule has 1 fully saturated rings. The van der Waals surface area contributed by atoms with Crippen molar-refractivity contribution in [2.75, 3.05) is 25.0 Å². The lowest BCUT2D eigenvalue weighted by atomic mass is 9.74. The Morgan fingerprint density at radius 1 is 1.09 bits per heavy atom. The van der Waals surface area contributed by atoms with Crippen molar-refractivity contribution in [2.24, 2.45) is 0 Å². The van der Waals surface area contributed by atoms with E-state index < -0.39 is 0 Å². The number of fused-ring (bicyclic) bond motifs is 3. The van der Waals surface area contributed by atoms with Gasteiger partial charge in [0.15, 0.2) is 0 Å². The molecule has 166 valence electrons. The number of likely N-dealkylation sites (tertiary alicyclic amines) is 1. The molecule has 2 aliphatic rings. The van der Waals surface area contributed by atoms with E-state index in [0.717, 1.165) is 54.5 Å². The van der Waals surface area contributed by atoms with Crippen LogP contribution in [0.4, 0.5) is 5.69 Å². The van der Waals surface area contributed by atoms with Gasteiger partial charge in [0.2, 0.25) is 0 Å². The third-order valence-corrected chi connectivity index (χ3v) is 7.51. The molecule has 0 aliphatic carbocycles. The van der Waals surface area contributed by atoms with E-state index >= 15 is 0 Å². The minimum atomic E-state index is 0.0985. The summed E-state index contributed by atoms with van der Waals surface area (Å²) in [5.41, 5.74) is 5.58. The third-order valence-electron chi connectivity index (χ3n) is 7.27. The van der Waals surface area contributed by atoms with Gasteiger partial charge in [-0.3, -0.25) is 9.78 Å². The number of aromatic nitrogens is 2. The summed E-state index contributed by atoms with van der Waals surface area (Å²) in [7, 11) is 0. The zero-order valence-corrected chi connectivity index (χ0v) is 19.1. The van der Waals surface area contributed by atoms with Crippen LogP contribution in [0, 0.1) is 0 Å². The van der Waals surface area contributed by atoms with Crippen LogP contribution in [0.5, 0.6) is 0 Å². The molecule has 1 N–H and O–H groups in total. The number of hydrogen-bond donors (Lipinski definition) is 1. The average Bonchev–Trinajstić information content (AvgIpc) is 3.38. The maximum atomic E-state index is 13.7. The van der Waals surface area contributed by atoms with Gasteiger partial charge in [0.05, 0.1) is 11.1 Å². The molecule has 1 amide bonds.